The molecule has 5 nitrogen and oxygen atoms in total. The molecule has 0 spiro atoms. The summed E-state index contributed by atoms with van der Waals surface area (Å²) >= 11 is 5.94. The van der Waals surface area contributed by atoms with Gasteiger partial charge in [0.1, 0.15) is 5.82 Å². The number of carbonyl (C=O) groups excluding carboxylic acids is 1. The first-order valence-electron chi connectivity index (χ1n) is 6.51. The number of hydrogen-bond acceptors (Lipinski definition) is 4. The van der Waals surface area contributed by atoms with Crippen LogP contribution in [-0.4, -0.2) is 41.5 Å². The summed E-state index contributed by atoms with van der Waals surface area (Å²) in [6.45, 7) is 4.95. The molecule has 1 aromatic rings. The molecule has 104 valence electrons. The third-order valence-electron chi connectivity index (χ3n) is 3.44. The lowest BCUT2D eigenvalue weighted by Gasteiger charge is -2.23. The van der Waals surface area contributed by atoms with E-state index in [1.807, 2.05) is 0 Å². The summed E-state index contributed by atoms with van der Waals surface area (Å²) in [5.41, 5.74) is 5.94. The Kier molecular flexibility index (Phi) is 4.61. The van der Waals surface area contributed by atoms with E-state index in [0.29, 0.717) is 29.0 Å². The zero-order valence-corrected chi connectivity index (χ0v) is 11.8. The van der Waals surface area contributed by atoms with Gasteiger partial charge in [-0.1, -0.05) is 11.6 Å². The highest BCUT2D eigenvalue weighted by Crippen LogP contribution is 2.16. The molecule has 0 aliphatic carbocycles. The Morgan fingerprint density at radius 2 is 2.26 bits per heavy atom. The Morgan fingerprint density at radius 3 is 2.95 bits per heavy atom. The van der Waals surface area contributed by atoms with Gasteiger partial charge >= 0.3 is 0 Å². The smallest absolute Gasteiger partial charge is 0.253 e. The molecule has 1 aliphatic rings. The number of amides is 1. The molecular weight excluding hydrogens is 264 g/mol. The number of hydrogen-bond donors (Lipinski definition) is 2. The second kappa shape index (κ2) is 6.21. The molecule has 1 unspecified atom stereocenters. The van der Waals surface area contributed by atoms with Crippen molar-refractivity contribution in [3.8, 4) is 0 Å². The number of pyridine rings is 1. The van der Waals surface area contributed by atoms with Crippen molar-refractivity contribution in [2.24, 2.45) is 0 Å². The minimum absolute atomic E-state index is 0.204. The average molecular weight is 283 g/mol. The molecular formula is C13H19ClN4O. The fourth-order valence-electron chi connectivity index (χ4n) is 2.28. The van der Waals surface area contributed by atoms with Crippen molar-refractivity contribution < 1.29 is 4.79 Å². The van der Waals surface area contributed by atoms with Crippen LogP contribution in [0.2, 0.25) is 5.02 Å². The zero-order valence-electron chi connectivity index (χ0n) is 11.0. The van der Waals surface area contributed by atoms with Gasteiger partial charge in [-0.3, -0.25) is 9.69 Å². The van der Waals surface area contributed by atoms with Crippen LogP contribution in [0, 0.1) is 0 Å². The van der Waals surface area contributed by atoms with Gasteiger partial charge in [0.15, 0.2) is 0 Å². The molecule has 0 saturated carbocycles. The van der Waals surface area contributed by atoms with E-state index in [4.69, 9.17) is 17.3 Å². The minimum Gasteiger partial charge on any atom is -0.384 e. The van der Waals surface area contributed by atoms with Crippen LogP contribution >= 0.6 is 11.6 Å². The van der Waals surface area contributed by atoms with Crippen molar-refractivity contribution in [2.45, 2.75) is 25.8 Å². The maximum Gasteiger partial charge on any atom is 0.253 e. The van der Waals surface area contributed by atoms with Gasteiger partial charge in [0.05, 0.1) is 10.6 Å². The number of nitrogens with zero attached hydrogens (tertiary/aromatic N) is 2. The Hall–Kier alpha value is -1.33. The number of anilines is 1. The summed E-state index contributed by atoms with van der Waals surface area (Å²) in [5.74, 6) is 0.0901. The molecule has 19 heavy (non-hydrogen) atoms. The quantitative estimate of drug-likeness (QED) is 0.879. The van der Waals surface area contributed by atoms with Crippen molar-refractivity contribution in [3.05, 3.63) is 22.8 Å². The number of likely N-dealkylation sites (tertiary alicyclic amines) is 1. The minimum atomic E-state index is -0.204. The van der Waals surface area contributed by atoms with E-state index >= 15 is 0 Å². The van der Waals surface area contributed by atoms with Gasteiger partial charge in [0.2, 0.25) is 0 Å². The van der Waals surface area contributed by atoms with Crippen LogP contribution in [0.5, 0.6) is 0 Å². The molecule has 0 aromatic carbocycles. The van der Waals surface area contributed by atoms with E-state index in [9.17, 15) is 4.79 Å². The van der Waals surface area contributed by atoms with E-state index in [2.05, 4.69) is 22.1 Å². The summed E-state index contributed by atoms with van der Waals surface area (Å²) in [7, 11) is 0. The fraction of sp³-hybridized carbons (Fsp3) is 0.538. The lowest BCUT2D eigenvalue weighted by Crippen LogP contribution is -2.40. The highest BCUT2D eigenvalue weighted by atomic mass is 35.5. The molecule has 1 saturated heterocycles. The maximum absolute atomic E-state index is 12.0. The number of aromatic nitrogens is 1. The summed E-state index contributed by atoms with van der Waals surface area (Å²) in [4.78, 5) is 18.3. The van der Waals surface area contributed by atoms with Crippen molar-refractivity contribution in [1.29, 1.82) is 0 Å². The molecule has 3 N–H and O–H groups in total. The molecule has 1 aromatic heterocycles. The van der Waals surface area contributed by atoms with E-state index < -0.39 is 0 Å². The van der Waals surface area contributed by atoms with Crippen LogP contribution in [0.3, 0.4) is 0 Å². The summed E-state index contributed by atoms with van der Waals surface area (Å²) < 4.78 is 0. The van der Waals surface area contributed by atoms with Gasteiger partial charge in [0.25, 0.3) is 5.91 Å². The highest BCUT2D eigenvalue weighted by Gasteiger charge is 2.19. The third kappa shape index (κ3) is 3.58. The largest absolute Gasteiger partial charge is 0.384 e. The second-order valence-electron chi connectivity index (χ2n) is 4.89. The van der Waals surface area contributed by atoms with Crippen molar-refractivity contribution in [2.75, 3.05) is 25.4 Å². The number of nitrogen functional groups attached to an aromatic ring is 1. The van der Waals surface area contributed by atoms with E-state index in [0.717, 1.165) is 13.1 Å². The average Bonchev–Trinajstić information content (AvgIpc) is 2.92. The third-order valence-corrected chi connectivity index (χ3v) is 3.74. The molecule has 2 heterocycles. The van der Waals surface area contributed by atoms with Gasteiger partial charge in [-0.25, -0.2) is 4.98 Å². The van der Waals surface area contributed by atoms with Crippen molar-refractivity contribution >= 4 is 23.3 Å². The molecule has 2 rings (SSSR count). The lowest BCUT2D eigenvalue weighted by atomic mass is 10.2. The number of carbonyl (C=O) groups is 1. The first-order valence-corrected chi connectivity index (χ1v) is 6.89. The molecule has 0 bridgehead atoms. The molecule has 1 amide bonds. The van der Waals surface area contributed by atoms with Crippen molar-refractivity contribution in [3.63, 3.8) is 0 Å². The van der Waals surface area contributed by atoms with Crippen molar-refractivity contribution in [1.82, 2.24) is 15.2 Å². The predicted molar refractivity (Wildman–Crippen MR) is 76.3 cm³/mol. The van der Waals surface area contributed by atoms with Gasteiger partial charge in [0, 0.05) is 18.8 Å². The van der Waals surface area contributed by atoms with E-state index in [1.165, 1.54) is 25.1 Å². The molecule has 1 fully saturated rings. The Bertz CT molecular complexity index is 460. The second-order valence-corrected chi connectivity index (χ2v) is 5.30. The van der Waals surface area contributed by atoms with Crippen LogP contribution in [-0.2, 0) is 0 Å². The SMILES string of the molecule is CC(CNC(=O)c1cc(N)ncc1Cl)N1CCCC1. The van der Waals surface area contributed by atoms with Gasteiger partial charge in [-0.15, -0.1) is 0 Å². The Balaban J connectivity index is 1.91. The summed E-state index contributed by atoms with van der Waals surface area (Å²) in [6.07, 6.45) is 3.88. The van der Waals surface area contributed by atoms with Gasteiger partial charge in [-0.2, -0.15) is 0 Å². The molecule has 6 heteroatoms. The number of nitrogens with two attached hydrogens (primary N) is 1. The van der Waals surface area contributed by atoms with Crippen LogP contribution < -0.4 is 11.1 Å². The van der Waals surface area contributed by atoms with Crippen LogP contribution in [0.15, 0.2) is 12.3 Å². The molecule has 1 aliphatic heterocycles. The zero-order chi connectivity index (χ0) is 13.8. The highest BCUT2D eigenvalue weighted by molar-refractivity contribution is 6.33. The van der Waals surface area contributed by atoms with E-state index in [-0.39, 0.29) is 5.91 Å². The summed E-state index contributed by atoms with van der Waals surface area (Å²) in [6, 6.07) is 1.84. The number of nitrogens with one attached hydrogen (secondary N) is 1. The monoisotopic (exact) mass is 282 g/mol. The Labute approximate surface area is 118 Å². The first-order chi connectivity index (χ1) is 9.08. The predicted octanol–water partition coefficient (Wildman–Crippen LogP) is 1.53. The first kappa shape index (κ1) is 14.1. The van der Waals surface area contributed by atoms with Gasteiger partial charge < -0.3 is 11.1 Å². The molecule has 0 radical (unpaired) electrons. The van der Waals surface area contributed by atoms with Crippen LogP contribution in [0.25, 0.3) is 0 Å². The van der Waals surface area contributed by atoms with Crippen LogP contribution in [0.1, 0.15) is 30.1 Å². The fourth-order valence-corrected chi connectivity index (χ4v) is 2.47. The maximum atomic E-state index is 12.0. The standard InChI is InChI=1S/C13H19ClN4O/c1-9(18-4-2-3-5-18)7-17-13(19)10-6-12(15)16-8-11(10)14/h6,8-9H,2-5,7H2,1H3,(H2,15,16)(H,17,19). The van der Waals surface area contributed by atoms with Crippen LogP contribution in [0.4, 0.5) is 5.82 Å². The normalized spacial score (nSPS) is 17.4. The van der Waals surface area contributed by atoms with Gasteiger partial charge in [-0.05, 0) is 38.9 Å². The number of halogens is 1. The topological polar surface area (TPSA) is 71.2 Å². The number of rotatable bonds is 4. The lowest BCUT2D eigenvalue weighted by molar-refractivity contribution is 0.0940. The molecule has 1 atom stereocenters. The summed E-state index contributed by atoms with van der Waals surface area (Å²) in [5, 5.41) is 3.22. The van der Waals surface area contributed by atoms with E-state index in [1.54, 1.807) is 0 Å². The Morgan fingerprint density at radius 1 is 1.58 bits per heavy atom.